The van der Waals surface area contributed by atoms with E-state index in [4.69, 9.17) is 9.84 Å². The molecule has 29 heavy (non-hydrogen) atoms. The Bertz CT molecular complexity index is 1030. The Kier molecular flexibility index (Phi) is 7.26. The number of aliphatic hydroxyl groups excluding tert-OH is 1. The molecular formula is C21H23N3O4S. The van der Waals surface area contributed by atoms with Gasteiger partial charge in [-0.05, 0) is 36.2 Å². The largest absolute Gasteiger partial charge is 0.497 e. The van der Waals surface area contributed by atoms with Gasteiger partial charge in [0.1, 0.15) is 5.75 Å². The minimum absolute atomic E-state index is 0.0221. The van der Waals surface area contributed by atoms with Gasteiger partial charge in [-0.2, -0.15) is 0 Å². The van der Waals surface area contributed by atoms with Gasteiger partial charge in [-0.1, -0.05) is 36.0 Å². The summed E-state index contributed by atoms with van der Waals surface area (Å²) in [5.41, 5.74) is 1.40. The van der Waals surface area contributed by atoms with Gasteiger partial charge in [-0.15, -0.1) is 0 Å². The molecule has 0 aliphatic heterocycles. The van der Waals surface area contributed by atoms with Gasteiger partial charge in [0.2, 0.25) is 5.91 Å². The average Bonchev–Trinajstić information content (AvgIpc) is 2.76. The number of fused-ring (bicyclic) bond motifs is 1. The minimum atomic E-state index is -0.162. The topological polar surface area (TPSA) is 93.5 Å². The fraction of sp³-hybridized carbons (Fsp3) is 0.286. The van der Waals surface area contributed by atoms with Gasteiger partial charge in [0.05, 0.1) is 23.8 Å². The zero-order valence-electron chi connectivity index (χ0n) is 16.1. The molecule has 1 heterocycles. The van der Waals surface area contributed by atoms with E-state index >= 15 is 0 Å². The SMILES string of the molecule is COc1ccc(CNC(=O)CSc2nc3ccccc3c(=O)n2CCCO)cc1. The molecule has 1 amide bonds. The number of aliphatic hydroxyl groups is 1. The van der Waals surface area contributed by atoms with Gasteiger partial charge in [0, 0.05) is 19.7 Å². The van der Waals surface area contributed by atoms with E-state index in [2.05, 4.69) is 10.3 Å². The van der Waals surface area contributed by atoms with Crippen molar-refractivity contribution in [2.75, 3.05) is 19.5 Å². The molecule has 0 spiro atoms. The Morgan fingerprint density at radius 3 is 2.69 bits per heavy atom. The van der Waals surface area contributed by atoms with Gasteiger partial charge >= 0.3 is 0 Å². The lowest BCUT2D eigenvalue weighted by Gasteiger charge is -2.12. The van der Waals surface area contributed by atoms with E-state index in [1.165, 1.54) is 16.3 Å². The molecule has 0 saturated heterocycles. The van der Waals surface area contributed by atoms with E-state index in [1.807, 2.05) is 30.3 Å². The lowest BCUT2D eigenvalue weighted by molar-refractivity contribution is -0.118. The fourth-order valence-corrected chi connectivity index (χ4v) is 3.66. The first-order chi connectivity index (χ1) is 14.1. The Hall–Kier alpha value is -2.84. The molecule has 0 bridgehead atoms. The highest BCUT2D eigenvalue weighted by molar-refractivity contribution is 7.99. The van der Waals surface area contributed by atoms with Gasteiger partial charge < -0.3 is 15.2 Å². The molecule has 0 saturated carbocycles. The van der Waals surface area contributed by atoms with Crippen LogP contribution in [0.3, 0.4) is 0 Å². The van der Waals surface area contributed by atoms with Crippen molar-refractivity contribution in [3.05, 3.63) is 64.4 Å². The maximum atomic E-state index is 12.8. The molecule has 2 aromatic carbocycles. The van der Waals surface area contributed by atoms with Crippen LogP contribution in [0.2, 0.25) is 0 Å². The van der Waals surface area contributed by atoms with E-state index in [9.17, 15) is 9.59 Å². The number of para-hydroxylation sites is 1. The molecule has 0 aliphatic rings. The summed E-state index contributed by atoms with van der Waals surface area (Å²) < 4.78 is 6.65. The van der Waals surface area contributed by atoms with Crippen molar-refractivity contribution in [3.63, 3.8) is 0 Å². The number of nitrogens with one attached hydrogen (secondary N) is 1. The first-order valence-electron chi connectivity index (χ1n) is 9.25. The Labute approximate surface area is 172 Å². The second kappa shape index (κ2) is 10.1. The van der Waals surface area contributed by atoms with Crippen molar-refractivity contribution in [3.8, 4) is 5.75 Å². The van der Waals surface area contributed by atoms with Gasteiger partial charge in [0.25, 0.3) is 5.56 Å². The third-order valence-electron chi connectivity index (χ3n) is 4.35. The maximum absolute atomic E-state index is 12.8. The summed E-state index contributed by atoms with van der Waals surface area (Å²) in [7, 11) is 1.61. The molecule has 152 valence electrons. The van der Waals surface area contributed by atoms with Crippen molar-refractivity contribution in [2.24, 2.45) is 0 Å². The number of aromatic nitrogens is 2. The second-order valence-corrected chi connectivity index (χ2v) is 7.30. The van der Waals surface area contributed by atoms with Crippen molar-refractivity contribution in [1.29, 1.82) is 0 Å². The van der Waals surface area contributed by atoms with Crippen LogP contribution in [0.4, 0.5) is 0 Å². The highest BCUT2D eigenvalue weighted by Crippen LogP contribution is 2.18. The number of nitrogens with zero attached hydrogens (tertiary/aromatic N) is 2. The first-order valence-corrected chi connectivity index (χ1v) is 10.2. The van der Waals surface area contributed by atoms with E-state index < -0.39 is 0 Å². The number of benzene rings is 2. The molecule has 8 heteroatoms. The molecule has 2 N–H and O–H groups in total. The number of carbonyl (C=O) groups is 1. The zero-order chi connectivity index (χ0) is 20.6. The quantitative estimate of drug-likeness (QED) is 0.413. The van der Waals surface area contributed by atoms with Crippen LogP contribution in [0.1, 0.15) is 12.0 Å². The number of rotatable bonds is 9. The van der Waals surface area contributed by atoms with Gasteiger partial charge in [-0.25, -0.2) is 4.98 Å². The molecule has 0 fully saturated rings. The van der Waals surface area contributed by atoms with Gasteiger partial charge in [-0.3, -0.25) is 14.2 Å². The highest BCUT2D eigenvalue weighted by atomic mass is 32.2. The summed E-state index contributed by atoms with van der Waals surface area (Å²) >= 11 is 1.21. The number of amides is 1. The standard InChI is InChI=1S/C21H23N3O4S/c1-28-16-9-7-15(8-10-16)13-22-19(26)14-29-21-23-18-6-3-2-5-17(18)20(27)24(21)11-4-12-25/h2-3,5-10,25H,4,11-14H2,1H3,(H,22,26). The molecule has 0 atom stereocenters. The normalized spacial score (nSPS) is 10.8. The minimum Gasteiger partial charge on any atom is -0.497 e. The van der Waals surface area contributed by atoms with E-state index in [0.29, 0.717) is 35.6 Å². The Morgan fingerprint density at radius 1 is 1.21 bits per heavy atom. The summed E-state index contributed by atoms with van der Waals surface area (Å²) in [4.78, 5) is 29.6. The summed E-state index contributed by atoms with van der Waals surface area (Å²) in [6.45, 7) is 0.737. The predicted molar refractivity (Wildman–Crippen MR) is 113 cm³/mol. The lowest BCUT2D eigenvalue weighted by Crippen LogP contribution is -2.27. The van der Waals surface area contributed by atoms with Crippen LogP contribution < -0.4 is 15.6 Å². The fourth-order valence-electron chi connectivity index (χ4n) is 2.81. The number of thioether (sulfide) groups is 1. The molecule has 3 aromatic rings. The van der Waals surface area contributed by atoms with Crippen LogP contribution in [0.25, 0.3) is 10.9 Å². The Balaban J connectivity index is 1.68. The lowest BCUT2D eigenvalue weighted by atomic mass is 10.2. The number of ether oxygens (including phenoxy) is 1. The number of carbonyl (C=O) groups excluding carboxylic acids is 1. The monoisotopic (exact) mass is 413 g/mol. The first kappa shape index (κ1) is 20.9. The second-order valence-electron chi connectivity index (χ2n) is 6.36. The van der Waals surface area contributed by atoms with E-state index in [1.54, 1.807) is 25.3 Å². The van der Waals surface area contributed by atoms with Crippen molar-refractivity contribution < 1.29 is 14.6 Å². The van der Waals surface area contributed by atoms with Gasteiger partial charge in [0.15, 0.2) is 5.16 Å². The third kappa shape index (κ3) is 5.36. The van der Waals surface area contributed by atoms with Crippen LogP contribution in [-0.2, 0) is 17.9 Å². The molecule has 3 rings (SSSR count). The summed E-state index contributed by atoms with van der Waals surface area (Å²) in [6.07, 6.45) is 0.442. The van der Waals surface area contributed by atoms with Crippen LogP contribution >= 0.6 is 11.8 Å². The molecule has 7 nitrogen and oxygen atoms in total. The maximum Gasteiger partial charge on any atom is 0.262 e. The molecular weight excluding hydrogens is 390 g/mol. The van der Waals surface area contributed by atoms with E-state index in [-0.39, 0.29) is 23.8 Å². The number of methoxy groups -OCH3 is 1. The summed E-state index contributed by atoms with van der Waals surface area (Å²) in [5, 5.41) is 13.0. The van der Waals surface area contributed by atoms with Crippen molar-refractivity contribution in [2.45, 2.75) is 24.7 Å². The summed E-state index contributed by atoms with van der Waals surface area (Å²) in [5.74, 6) is 0.751. The molecule has 0 unspecified atom stereocenters. The zero-order valence-corrected chi connectivity index (χ0v) is 16.9. The van der Waals surface area contributed by atoms with Crippen molar-refractivity contribution in [1.82, 2.24) is 14.9 Å². The smallest absolute Gasteiger partial charge is 0.262 e. The predicted octanol–water partition coefficient (Wildman–Crippen LogP) is 2.20. The molecule has 1 aromatic heterocycles. The van der Waals surface area contributed by atoms with Crippen molar-refractivity contribution >= 4 is 28.6 Å². The van der Waals surface area contributed by atoms with Crippen LogP contribution in [0.5, 0.6) is 5.75 Å². The summed E-state index contributed by atoms with van der Waals surface area (Å²) in [6, 6.07) is 14.6. The number of hydrogen-bond acceptors (Lipinski definition) is 6. The van der Waals surface area contributed by atoms with Crippen LogP contribution in [0.15, 0.2) is 58.5 Å². The van der Waals surface area contributed by atoms with Crippen LogP contribution in [0, 0.1) is 0 Å². The third-order valence-corrected chi connectivity index (χ3v) is 5.32. The highest BCUT2D eigenvalue weighted by Gasteiger charge is 2.13. The Morgan fingerprint density at radius 2 is 1.97 bits per heavy atom. The van der Waals surface area contributed by atoms with Crippen LogP contribution in [-0.4, -0.2) is 40.0 Å². The molecule has 0 radical (unpaired) electrons. The van der Waals surface area contributed by atoms with E-state index in [0.717, 1.165) is 11.3 Å². The average molecular weight is 413 g/mol. The number of hydrogen-bond donors (Lipinski definition) is 2. The molecule has 0 aliphatic carbocycles.